The zero-order valence-electron chi connectivity index (χ0n) is 20.5. The number of likely N-dealkylation sites (tertiary alicyclic amines) is 1. The minimum absolute atomic E-state index is 0.0909. The minimum Gasteiger partial charge on any atom is -0.483 e. The van der Waals surface area contributed by atoms with E-state index in [1.54, 1.807) is 11.1 Å². The van der Waals surface area contributed by atoms with E-state index in [4.69, 9.17) is 10.5 Å². The number of likely N-dealkylation sites (N-methyl/N-ethyl adjacent to an activating group) is 1. The molecule has 0 saturated carbocycles. The number of benzene rings is 3. The largest absolute Gasteiger partial charge is 0.483 e. The minimum atomic E-state index is -0.319. The number of amides is 1. The Bertz CT molecular complexity index is 1370. The van der Waals surface area contributed by atoms with Crippen LogP contribution in [0.3, 0.4) is 0 Å². The summed E-state index contributed by atoms with van der Waals surface area (Å²) in [5.41, 5.74) is 8.69. The molecule has 5 rings (SSSR count). The highest BCUT2D eigenvalue weighted by Crippen LogP contribution is 2.31. The monoisotopic (exact) mass is 484 g/mol. The van der Waals surface area contributed by atoms with Gasteiger partial charge in [0, 0.05) is 44.8 Å². The molecule has 36 heavy (non-hydrogen) atoms. The van der Waals surface area contributed by atoms with Gasteiger partial charge in [0.1, 0.15) is 5.75 Å². The summed E-state index contributed by atoms with van der Waals surface area (Å²) in [7, 11) is 1.84. The molecule has 1 fully saturated rings. The van der Waals surface area contributed by atoms with Crippen molar-refractivity contribution in [2.45, 2.75) is 25.1 Å². The molecule has 2 heterocycles. The summed E-state index contributed by atoms with van der Waals surface area (Å²) in [4.78, 5) is 21.9. The first kappa shape index (κ1) is 24.2. The van der Waals surface area contributed by atoms with Crippen molar-refractivity contribution in [2.24, 2.45) is 5.73 Å². The number of hydrogen-bond donors (Lipinski definition) is 2. The van der Waals surface area contributed by atoms with Crippen LogP contribution in [-0.4, -0.2) is 65.2 Å². The van der Waals surface area contributed by atoms with Crippen LogP contribution in [-0.2, 0) is 11.3 Å². The standard InChI is InChI=1S/C29H32N4O3/c1-32(28(35)19-36-27-12-11-21(16-30)29-25(27)10-5-14-31-29)26(18-33-15-13-22(34)17-33)24-9-4-7-20-6-2-3-8-23(20)24/h2-12,14,22,26,34H,13,15-19,30H2,1H3/t22-,26?/m0/s1. The first-order chi connectivity index (χ1) is 17.5. The van der Waals surface area contributed by atoms with Crippen molar-refractivity contribution in [3.05, 3.63) is 84.1 Å². The van der Waals surface area contributed by atoms with Gasteiger partial charge >= 0.3 is 0 Å². The van der Waals surface area contributed by atoms with Gasteiger partial charge in [-0.2, -0.15) is 0 Å². The van der Waals surface area contributed by atoms with Crippen molar-refractivity contribution >= 4 is 27.6 Å². The Morgan fingerprint density at radius 1 is 1.14 bits per heavy atom. The number of β-amino-alcohol motifs (C(OH)–C–C–N with tert-alkyl or cyclic N) is 1. The van der Waals surface area contributed by atoms with E-state index in [-0.39, 0.29) is 24.7 Å². The Labute approximate surface area is 211 Å². The van der Waals surface area contributed by atoms with E-state index in [0.717, 1.165) is 45.8 Å². The Kier molecular flexibility index (Phi) is 7.13. The number of aliphatic hydroxyl groups excluding tert-OH is 1. The van der Waals surface area contributed by atoms with Crippen LogP contribution in [0.5, 0.6) is 5.75 Å². The van der Waals surface area contributed by atoms with Crippen molar-refractivity contribution < 1.29 is 14.6 Å². The lowest BCUT2D eigenvalue weighted by molar-refractivity contribution is -0.134. The van der Waals surface area contributed by atoms with Gasteiger partial charge in [0.15, 0.2) is 6.61 Å². The van der Waals surface area contributed by atoms with Gasteiger partial charge in [0.05, 0.1) is 17.7 Å². The molecule has 1 aromatic heterocycles. The second-order valence-corrected chi connectivity index (χ2v) is 9.41. The molecule has 0 radical (unpaired) electrons. The Morgan fingerprint density at radius 3 is 2.75 bits per heavy atom. The molecule has 0 aliphatic carbocycles. The quantitative estimate of drug-likeness (QED) is 0.398. The average Bonchev–Trinajstić information content (AvgIpc) is 3.34. The molecule has 3 aromatic carbocycles. The first-order valence-electron chi connectivity index (χ1n) is 12.4. The van der Waals surface area contributed by atoms with Crippen LogP contribution in [0.2, 0.25) is 0 Å². The number of carbonyl (C=O) groups excluding carboxylic acids is 1. The highest BCUT2D eigenvalue weighted by atomic mass is 16.5. The zero-order chi connectivity index (χ0) is 25.1. The van der Waals surface area contributed by atoms with E-state index in [1.807, 2.05) is 49.5 Å². The molecule has 1 aliphatic rings. The summed E-state index contributed by atoms with van der Waals surface area (Å²) in [5, 5.41) is 13.2. The molecule has 0 spiro atoms. The van der Waals surface area contributed by atoms with Crippen molar-refractivity contribution in [3.8, 4) is 5.75 Å². The lowest BCUT2D eigenvalue weighted by Crippen LogP contribution is -2.41. The molecule has 1 aliphatic heterocycles. The molecule has 1 unspecified atom stereocenters. The summed E-state index contributed by atoms with van der Waals surface area (Å²) in [6.45, 7) is 2.37. The number of ether oxygens (including phenoxy) is 1. The van der Waals surface area contributed by atoms with Crippen molar-refractivity contribution in [2.75, 3.05) is 33.3 Å². The second-order valence-electron chi connectivity index (χ2n) is 9.41. The van der Waals surface area contributed by atoms with E-state index < -0.39 is 0 Å². The van der Waals surface area contributed by atoms with Gasteiger partial charge in [-0.15, -0.1) is 0 Å². The number of nitrogens with two attached hydrogens (primary N) is 1. The fraction of sp³-hybridized carbons (Fsp3) is 0.310. The number of aromatic nitrogens is 1. The second kappa shape index (κ2) is 10.6. The van der Waals surface area contributed by atoms with Gasteiger partial charge in [-0.3, -0.25) is 14.7 Å². The predicted molar refractivity (Wildman–Crippen MR) is 142 cm³/mol. The molecule has 7 heteroatoms. The highest BCUT2D eigenvalue weighted by molar-refractivity contribution is 5.89. The topological polar surface area (TPSA) is 91.9 Å². The number of hydrogen-bond acceptors (Lipinski definition) is 6. The van der Waals surface area contributed by atoms with Gasteiger partial charge in [0.25, 0.3) is 5.91 Å². The van der Waals surface area contributed by atoms with Gasteiger partial charge < -0.3 is 20.5 Å². The lowest BCUT2D eigenvalue weighted by atomic mass is 9.97. The van der Waals surface area contributed by atoms with Crippen LogP contribution in [0.1, 0.15) is 23.6 Å². The van der Waals surface area contributed by atoms with Crippen LogP contribution in [0, 0.1) is 0 Å². The van der Waals surface area contributed by atoms with Gasteiger partial charge in [-0.05, 0) is 46.5 Å². The fourth-order valence-electron chi connectivity index (χ4n) is 5.10. The molecule has 4 aromatic rings. The lowest BCUT2D eigenvalue weighted by Gasteiger charge is -2.33. The molecule has 1 amide bonds. The number of aliphatic hydroxyl groups is 1. The maximum atomic E-state index is 13.5. The van der Waals surface area contributed by atoms with Crippen LogP contribution < -0.4 is 10.5 Å². The maximum absolute atomic E-state index is 13.5. The third-order valence-corrected chi connectivity index (χ3v) is 7.11. The van der Waals surface area contributed by atoms with Gasteiger partial charge in [-0.25, -0.2) is 0 Å². The summed E-state index contributed by atoms with van der Waals surface area (Å²) >= 11 is 0. The predicted octanol–water partition coefficient (Wildman–Crippen LogP) is 3.49. The van der Waals surface area contributed by atoms with Crippen LogP contribution >= 0.6 is 0 Å². The van der Waals surface area contributed by atoms with Crippen LogP contribution in [0.25, 0.3) is 21.7 Å². The van der Waals surface area contributed by atoms with Crippen molar-refractivity contribution in [1.82, 2.24) is 14.8 Å². The number of rotatable bonds is 8. The molecule has 0 bridgehead atoms. The van der Waals surface area contributed by atoms with Crippen molar-refractivity contribution in [3.63, 3.8) is 0 Å². The first-order valence-corrected chi connectivity index (χ1v) is 12.4. The molecule has 1 saturated heterocycles. The summed E-state index contributed by atoms with van der Waals surface area (Å²) in [6, 6.07) is 21.8. The molecule has 186 valence electrons. The van der Waals surface area contributed by atoms with Gasteiger partial charge in [-0.1, -0.05) is 48.5 Å². The Morgan fingerprint density at radius 2 is 1.94 bits per heavy atom. The Hall–Kier alpha value is -3.52. The van der Waals surface area contributed by atoms with Gasteiger partial charge in [0.2, 0.25) is 0 Å². The maximum Gasteiger partial charge on any atom is 0.260 e. The zero-order valence-corrected chi connectivity index (χ0v) is 20.5. The van der Waals surface area contributed by atoms with E-state index in [9.17, 15) is 9.90 Å². The van der Waals surface area contributed by atoms with Crippen molar-refractivity contribution in [1.29, 1.82) is 0 Å². The Balaban J connectivity index is 1.40. The van der Waals surface area contributed by atoms with E-state index in [2.05, 4.69) is 34.1 Å². The van der Waals surface area contributed by atoms with Crippen LogP contribution in [0.15, 0.2) is 72.9 Å². The molecule has 2 atom stereocenters. The van der Waals surface area contributed by atoms with Crippen LogP contribution in [0.4, 0.5) is 0 Å². The van der Waals surface area contributed by atoms with E-state index in [1.165, 1.54) is 0 Å². The number of pyridine rings is 1. The molecular weight excluding hydrogens is 452 g/mol. The summed E-state index contributed by atoms with van der Waals surface area (Å²) in [6.07, 6.45) is 2.16. The number of fused-ring (bicyclic) bond motifs is 2. The molecule has 7 nitrogen and oxygen atoms in total. The SMILES string of the molecule is CN(C(=O)COc1ccc(CN)c2ncccc12)C(CN1CC[C@H](O)C1)c1cccc2ccccc12. The fourth-order valence-corrected chi connectivity index (χ4v) is 5.10. The third kappa shape index (κ3) is 4.91. The van der Waals surface area contributed by atoms with E-state index in [0.29, 0.717) is 25.4 Å². The molecular formula is C29H32N4O3. The smallest absolute Gasteiger partial charge is 0.260 e. The highest BCUT2D eigenvalue weighted by Gasteiger charge is 2.29. The molecule has 3 N–H and O–H groups in total. The average molecular weight is 485 g/mol. The third-order valence-electron chi connectivity index (χ3n) is 7.11. The van der Waals surface area contributed by atoms with E-state index >= 15 is 0 Å². The normalized spacial score (nSPS) is 16.9. The summed E-state index contributed by atoms with van der Waals surface area (Å²) < 4.78 is 6.04. The number of carbonyl (C=O) groups is 1. The number of nitrogens with zero attached hydrogens (tertiary/aromatic N) is 3. The summed E-state index contributed by atoms with van der Waals surface area (Å²) in [5.74, 6) is 0.494.